The Morgan fingerprint density at radius 3 is 2.67 bits per heavy atom. The largest absolute Gasteiger partial charge is 0.534 e. The van der Waals surface area contributed by atoms with Crippen molar-refractivity contribution in [1.29, 1.82) is 0 Å². The lowest BCUT2D eigenvalue weighted by Crippen LogP contribution is -2.28. The molecule has 0 saturated heterocycles. The Morgan fingerprint density at radius 2 is 2.06 bits per heavy atom. The van der Waals surface area contributed by atoms with Gasteiger partial charge in [0.05, 0.1) is 6.20 Å². The maximum atomic E-state index is 12.1. The fourth-order valence-corrected chi connectivity index (χ4v) is 1.86. The molecule has 98 valence electrons. The van der Waals surface area contributed by atoms with E-state index in [1.54, 1.807) is 6.07 Å². The van der Waals surface area contributed by atoms with Gasteiger partial charge in [-0.3, -0.25) is 0 Å². The third-order valence-electron chi connectivity index (χ3n) is 1.88. The van der Waals surface area contributed by atoms with Crippen LogP contribution in [0.1, 0.15) is 0 Å². The Balaban J connectivity index is 2.39. The molecule has 0 bridgehead atoms. The van der Waals surface area contributed by atoms with Crippen molar-refractivity contribution < 1.29 is 25.8 Å². The highest BCUT2D eigenvalue weighted by Gasteiger charge is 2.49. The van der Waals surface area contributed by atoms with E-state index in [1.807, 2.05) is 0 Å². The lowest BCUT2D eigenvalue weighted by atomic mass is 10.5. The zero-order valence-corrected chi connectivity index (χ0v) is 10.8. The number of hydrogen-bond acceptors (Lipinski definition) is 4. The number of alkyl halides is 3. The number of rotatable bonds is 2. The van der Waals surface area contributed by atoms with Gasteiger partial charge in [0.15, 0.2) is 0 Å². The van der Waals surface area contributed by atoms with Crippen LogP contribution in [-0.2, 0) is 10.1 Å². The van der Waals surface area contributed by atoms with Crippen LogP contribution < -0.4 is 4.18 Å². The summed E-state index contributed by atoms with van der Waals surface area (Å²) in [6.07, 6.45) is 2.52. The molecule has 0 atom stereocenters. The summed E-state index contributed by atoms with van der Waals surface area (Å²) in [5, 5.41) is 0. The standard InChI is InChI=1S/C8H4BrF3N2O3S/c9-5-1-2-14-4-7(13-6(14)3-5)17-18(15,16)8(10,11)12/h1-4H. The lowest BCUT2D eigenvalue weighted by molar-refractivity contribution is -0.0501. The molecule has 2 rings (SSSR count). The normalized spacial score (nSPS) is 12.9. The van der Waals surface area contributed by atoms with Crippen LogP contribution >= 0.6 is 15.9 Å². The van der Waals surface area contributed by atoms with Crippen LogP contribution in [0.25, 0.3) is 5.65 Å². The highest BCUT2D eigenvalue weighted by atomic mass is 79.9. The quantitative estimate of drug-likeness (QED) is 0.619. The van der Waals surface area contributed by atoms with Crippen molar-refractivity contribution >= 4 is 31.7 Å². The summed E-state index contributed by atoms with van der Waals surface area (Å²) in [5.74, 6) is -0.648. The van der Waals surface area contributed by atoms with Crippen LogP contribution in [-0.4, -0.2) is 23.3 Å². The molecule has 2 heterocycles. The average molecular weight is 345 g/mol. The molecule has 0 spiro atoms. The first-order valence-corrected chi connectivity index (χ1v) is 6.54. The number of fused-ring (bicyclic) bond motifs is 1. The molecule has 5 nitrogen and oxygen atoms in total. The highest BCUT2D eigenvalue weighted by molar-refractivity contribution is 9.10. The van der Waals surface area contributed by atoms with Gasteiger partial charge in [0.2, 0.25) is 0 Å². The van der Waals surface area contributed by atoms with Gasteiger partial charge < -0.3 is 8.58 Å². The monoisotopic (exact) mass is 344 g/mol. The Morgan fingerprint density at radius 1 is 1.39 bits per heavy atom. The number of pyridine rings is 1. The molecule has 0 amide bonds. The molecule has 0 N–H and O–H groups in total. The molecule has 0 saturated carbocycles. The van der Waals surface area contributed by atoms with Gasteiger partial charge in [-0.15, -0.1) is 0 Å². The number of halogens is 4. The van der Waals surface area contributed by atoms with E-state index < -0.39 is 21.5 Å². The fraction of sp³-hybridized carbons (Fsp3) is 0.125. The van der Waals surface area contributed by atoms with Gasteiger partial charge in [0.1, 0.15) is 5.65 Å². The van der Waals surface area contributed by atoms with Crippen LogP contribution in [0.2, 0.25) is 0 Å². The second-order valence-corrected chi connectivity index (χ2v) is 5.63. The molecular formula is C8H4BrF3N2O3S. The Labute approximate surface area is 107 Å². The van der Waals surface area contributed by atoms with E-state index in [-0.39, 0.29) is 5.65 Å². The number of hydrogen-bond donors (Lipinski definition) is 0. The van der Waals surface area contributed by atoms with E-state index in [4.69, 9.17) is 0 Å². The summed E-state index contributed by atoms with van der Waals surface area (Å²) in [6.45, 7) is 0. The minimum Gasteiger partial charge on any atom is -0.354 e. The van der Waals surface area contributed by atoms with Crippen molar-refractivity contribution in [2.75, 3.05) is 0 Å². The molecule has 0 radical (unpaired) electrons. The first-order chi connectivity index (χ1) is 8.19. The van der Waals surface area contributed by atoms with Gasteiger partial charge in [0, 0.05) is 10.7 Å². The molecule has 2 aromatic rings. The maximum absolute atomic E-state index is 12.1. The number of imidazole rings is 1. The maximum Gasteiger partial charge on any atom is 0.534 e. The predicted molar refractivity (Wildman–Crippen MR) is 58.5 cm³/mol. The number of aromatic nitrogens is 2. The zero-order chi connectivity index (χ0) is 13.6. The lowest BCUT2D eigenvalue weighted by Gasteiger charge is -2.06. The van der Waals surface area contributed by atoms with Crippen molar-refractivity contribution in [3.63, 3.8) is 0 Å². The van der Waals surface area contributed by atoms with Gasteiger partial charge in [0.25, 0.3) is 5.88 Å². The minimum atomic E-state index is -5.70. The summed E-state index contributed by atoms with van der Waals surface area (Å²) in [6, 6.07) is 3.10. The highest BCUT2D eigenvalue weighted by Crippen LogP contribution is 2.26. The van der Waals surface area contributed by atoms with E-state index in [1.165, 1.54) is 16.7 Å². The van der Waals surface area contributed by atoms with Crippen molar-refractivity contribution in [2.24, 2.45) is 0 Å². The van der Waals surface area contributed by atoms with E-state index in [2.05, 4.69) is 25.1 Å². The first kappa shape index (κ1) is 13.1. The molecule has 18 heavy (non-hydrogen) atoms. The molecule has 10 heteroatoms. The molecule has 0 fully saturated rings. The van der Waals surface area contributed by atoms with Crippen molar-refractivity contribution in [2.45, 2.75) is 5.51 Å². The Bertz CT molecular complexity index is 695. The molecule has 0 unspecified atom stereocenters. The predicted octanol–water partition coefficient (Wildman–Crippen LogP) is 2.33. The smallest absolute Gasteiger partial charge is 0.354 e. The summed E-state index contributed by atoms with van der Waals surface area (Å²) >= 11 is 3.14. The molecule has 0 aliphatic carbocycles. The van der Waals surface area contributed by atoms with Crippen LogP contribution in [0.5, 0.6) is 5.88 Å². The molecular weight excluding hydrogens is 341 g/mol. The van der Waals surface area contributed by atoms with Gasteiger partial charge in [-0.25, -0.2) is 0 Å². The summed E-state index contributed by atoms with van der Waals surface area (Å²) in [5.41, 5.74) is -5.24. The van der Waals surface area contributed by atoms with Crippen molar-refractivity contribution in [3.8, 4) is 5.88 Å². The topological polar surface area (TPSA) is 60.7 Å². The first-order valence-electron chi connectivity index (χ1n) is 4.34. The van der Waals surface area contributed by atoms with Crippen LogP contribution in [0.15, 0.2) is 29.0 Å². The van der Waals surface area contributed by atoms with Crippen molar-refractivity contribution in [1.82, 2.24) is 9.38 Å². The summed E-state index contributed by atoms with van der Waals surface area (Å²) in [4.78, 5) is 3.60. The summed E-state index contributed by atoms with van der Waals surface area (Å²) in [7, 11) is -5.70. The van der Waals surface area contributed by atoms with Crippen molar-refractivity contribution in [3.05, 3.63) is 29.0 Å². The van der Waals surface area contributed by atoms with E-state index in [0.717, 1.165) is 6.20 Å². The number of nitrogens with zero attached hydrogens (tertiary/aromatic N) is 2. The van der Waals surface area contributed by atoms with Gasteiger partial charge in [-0.05, 0) is 12.1 Å². The Kier molecular flexibility index (Phi) is 3.01. The second-order valence-electron chi connectivity index (χ2n) is 3.17. The van der Waals surface area contributed by atoms with E-state index >= 15 is 0 Å². The van der Waals surface area contributed by atoms with Gasteiger partial charge in [-0.2, -0.15) is 26.6 Å². The molecule has 0 aliphatic rings. The SMILES string of the molecule is O=S(=O)(Oc1cn2ccc(Br)cc2n1)C(F)(F)F. The van der Waals surface area contributed by atoms with E-state index in [9.17, 15) is 21.6 Å². The molecule has 2 aromatic heterocycles. The van der Waals surface area contributed by atoms with Gasteiger partial charge in [-0.1, -0.05) is 15.9 Å². The molecule has 0 aromatic carbocycles. The van der Waals surface area contributed by atoms with Crippen LogP contribution in [0.4, 0.5) is 13.2 Å². The second kappa shape index (κ2) is 4.12. The Hall–Kier alpha value is -1.29. The third kappa shape index (κ3) is 2.43. The minimum absolute atomic E-state index is 0.247. The van der Waals surface area contributed by atoms with E-state index in [0.29, 0.717) is 4.47 Å². The average Bonchev–Trinajstić information content (AvgIpc) is 2.56. The molecule has 0 aliphatic heterocycles. The van der Waals surface area contributed by atoms with Gasteiger partial charge >= 0.3 is 15.6 Å². The van der Waals surface area contributed by atoms with Crippen LogP contribution in [0, 0.1) is 0 Å². The zero-order valence-electron chi connectivity index (χ0n) is 8.35. The fourth-order valence-electron chi connectivity index (χ4n) is 1.13. The van der Waals surface area contributed by atoms with Crippen LogP contribution in [0.3, 0.4) is 0 Å². The third-order valence-corrected chi connectivity index (χ3v) is 3.33. The summed E-state index contributed by atoms with van der Waals surface area (Å²) < 4.78 is 63.6.